The van der Waals surface area contributed by atoms with Gasteiger partial charge < -0.3 is 19.7 Å². The van der Waals surface area contributed by atoms with E-state index in [2.05, 4.69) is 33.8 Å². The number of unbranched alkanes of at least 4 members (excludes halogenated alkanes) is 2. The molecule has 1 aromatic rings. The molecule has 0 radical (unpaired) electrons. The normalized spacial score (nSPS) is 35.5. The van der Waals surface area contributed by atoms with E-state index in [1.807, 2.05) is 12.1 Å². The van der Waals surface area contributed by atoms with Gasteiger partial charge in [0.2, 0.25) is 0 Å². The second-order valence-electron chi connectivity index (χ2n) is 13.8. The van der Waals surface area contributed by atoms with E-state index < -0.39 is 0 Å². The number of rotatable bonds is 11. The van der Waals surface area contributed by atoms with Crippen molar-refractivity contribution in [3.8, 4) is 5.75 Å². The van der Waals surface area contributed by atoms with Crippen molar-refractivity contribution in [3.05, 3.63) is 29.3 Å². The Labute approximate surface area is 229 Å². The summed E-state index contributed by atoms with van der Waals surface area (Å²) >= 11 is 0. The Balaban J connectivity index is 1.17. The van der Waals surface area contributed by atoms with Crippen LogP contribution in [0.1, 0.15) is 103 Å². The van der Waals surface area contributed by atoms with E-state index in [-0.39, 0.29) is 47.6 Å². The molecule has 8 atom stereocenters. The number of aliphatic hydroxyl groups excluding tert-OH is 2. The predicted molar refractivity (Wildman–Crippen MR) is 149 cm³/mol. The number of aliphatic hydroxyl groups is 2. The SMILES string of the molecule is CCCCC[C@H](O)CC[C@@H]1[C@H]2Cc3cccc(OCC(=O)O[C@@H]4C[C@H]5CC[C@]4(C)C5(C)C)c3C[C@H]2C[C@H]1O. The highest BCUT2D eigenvalue weighted by Crippen LogP contribution is 2.66. The van der Waals surface area contributed by atoms with Crippen LogP contribution in [-0.4, -0.2) is 41.1 Å². The first-order valence-electron chi connectivity index (χ1n) is 15.4. The second kappa shape index (κ2) is 11.1. The summed E-state index contributed by atoms with van der Waals surface area (Å²) < 4.78 is 12.1. The summed E-state index contributed by atoms with van der Waals surface area (Å²) in [7, 11) is 0. The number of ether oxygens (including phenoxy) is 2. The van der Waals surface area contributed by atoms with Crippen LogP contribution in [-0.2, 0) is 22.4 Å². The molecule has 1 aromatic carbocycles. The predicted octanol–water partition coefficient (Wildman–Crippen LogP) is 6.26. The van der Waals surface area contributed by atoms with Crippen molar-refractivity contribution in [2.45, 2.75) is 123 Å². The van der Waals surface area contributed by atoms with Crippen LogP contribution in [0.25, 0.3) is 0 Å². The van der Waals surface area contributed by atoms with Gasteiger partial charge in [0.25, 0.3) is 0 Å². The van der Waals surface area contributed by atoms with Crippen molar-refractivity contribution in [1.82, 2.24) is 0 Å². The topological polar surface area (TPSA) is 76.0 Å². The van der Waals surface area contributed by atoms with E-state index in [0.717, 1.165) is 63.5 Å². The quantitative estimate of drug-likeness (QED) is 0.263. The summed E-state index contributed by atoms with van der Waals surface area (Å²) in [5, 5.41) is 21.4. The van der Waals surface area contributed by atoms with E-state index in [4.69, 9.17) is 9.47 Å². The van der Waals surface area contributed by atoms with Gasteiger partial charge in [-0.05, 0) is 104 Å². The highest BCUT2D eigenvalue weighted by molar-refractivity contribution is 5.71. The Bertz CT molecular complexity index is 988. The van der Waals surface area contributed by atoms with E-state index >= 15 is 0 Å². The molecule has 0 aliphatic heterocycles. The zero-order valence-corrected chi connectivity index (χ0v) is 24.1. The van der Waals surface area contributed by atoms with Gasteiger partial charge in [0, 0.05) is 5.41 Å². The third-order valence-electron chi connectivity index (χ3n) is 11.7. The molecule has 0 unspecified atom stereocenters. The standard InChI is InChI=1S/C33H50O5/c1-5-6-7-10-24(34)12-13-25-26-16-21-9-8-11-29(27(21)17-22(26)18-28(25)35)37-20-31(36)38-30-19-23-14-15-33(30,4)32(23,2)3/h8-9,11,22-26,28,30,34-35H,5-7,10,12-20H2,1-4H3/t22-,23+,24-,25+,26-,28+,30+,33-/m0/s1. The van der Waals surface area contributed by atoms with E-state index in [9.17, 15) is 15.0 Å². The molecule has 0 spiro atoms. The van der Waals surface area contributed by atoms with E-state index in [0.29, 0.717) is 17.8 Å². The Kier molecular flexibility index (Phi) is 8.18. The average molecular weight is 527 g/mol. The number of hydrogen-bond donors (Lipinski definition) is 2. The van der Waals surface area contributed by atoms with Gasteiger partial charge in [-0.2, -0.15) is 0 Å². The number of carbonyl (C=O) groups is 1. The molecule has 4 aliphatic rings. The first kappa shape index (κ1) is 28.0. The molecule has 4 aliphatic carbocycles. The molecule has 2 bridgehead atoms. The molecule has 2 N–H and O–H groups in total. The lowest BCUT2D eigenvalue weighted by Gasteiger charge is -2.38. The summed E-state index contributed by atoms with van der Waals surface area (Å²) in [4.78, 5) is 12.8. The maximum atomic E-state index is 12.8. The first-order valence-corrected chi connectivity index (χ1v) is 15.4. The molecule has 5 rings (SSSR count). The lowest BCUT2D eigenvalue weighted by molar-refractivity contribution is -0.159. The van der Waals surface area contributed by atoms with Gasteiger partial charge in [-0.25, -0.2) is 4.79 Å². The van der Waals surface area contributed by atoms with Gasteiger partial charge in [0.05, 0.1) is 12.2 Å². The summed E-state index contributed by atoms with van der Waals surface area (Å²) in [6.07, 6.45) is 11.4. The maximum Gasteiger partial charge on any atom is 0.344 e. The molecular formula is C33H50O5. The third kappa shape index (κ3) is 5.14. The zero-order chi connectivity index (χ0) is 27.1. The van der Waals surface area contributed by atoms with Crippen molar-refractivity contribution in [2.24, 2.45) is 34.5 Å². The van der Waals surface area contributed by atoms with Crippen LogP contribution >= 0.6 is 0 Å². The highest BCUT2D eigenvalue weighted by atomic mass is 16.6. The largest absolute Gasteiger partial charge is 0.482 e. The summed E-state index contributed by atoms with van der Waals surface area (Å²) in [5.74, 6) is 2.28. The zero-order valence-electron chi connectivity index (χ0n) is 24.1. The van der Waals surface area contributed by atoms with Crippen LogP contribution in [0, 0.1) is 34.5 Å². The lowest BCUT2D eigenvalue weighted by atomic mass is 9.70. The van der Waals surface area contributed by atoms with Crippen LogP contribution in [0.4, 0.5) is 0 Å². The van der Waals surface area contributed by atoms with Crippen molar-refractivity contribution < 1.29 is 24.5 Å². The molecule has 0 saturated heterocycles. The fourth-order valence-corrected chi connectivity index (χ4v) is 8.74. The van der Waals surface area contributed by atoms with Crippen LogP contribution in [0.5, 0.6) is 5.75 Å². The van der Waals surface area contributed by atoms with Crippen molar-refractivity contribution in [1.29, 1.82) is 0 Å². The summed E-state index contributed by atoms with van der Waals surface area (Å²) in [5.41, 5.74) is 2.74. The minimum Gasteiger partial charge on any atom is -0.482 e. The number of esters is 1. The van der Waals surface area contributed by atoms with Crippen LogP contribution < -0.4 is 4.74 Å². The van der Waals surface area contributed by atoms with Gasteiger partial charge in [0.1, 0.15) is 11.9 Å². The van der Waals surface area contributed by atoms with Gasteiger partial charge in [-0.3, -0.25) is 0 Å². The Morgan fingerprint density at radius 2 is 1.95 bits per heavy atom. The molecular weight excluding hydrogens is 476 g/mol. The number of carbonyl (C=O) groups excluding carboxylic acids is 1. The summed E-state index contributed by atoms with van der Waals surface area (Å²) in [6, 6.07) is 6.18. The number of benzene rings is 1. The Morgan fingerprint density at radius 3 is 2.66 bits per heavy atom. The maximum absolute atomic E-state index is 12.8. The molecule has 5 nitrogen and oxygen atoms in total. The molecule has 0 amide bonds. The molecule has 3 fully saturated rings. The molecule has 0 aromatic heterocycles. The Hall–Kier alpha value is -1.59. The smallest absolute Gasteiger partial charge is 0.344 e. The average Bonchev–Trinajstić information content (AvgIpc) is 3.38. The molecule has 5 heteroatoms. The lowest BCUT2D eigenvalue weighted by Crippen LogP contribution is -2.39. The van der Waals surface area contributed by atoms with Crippen LogP contribution in [0.2, 0.25) is 0 Å². The van der Waals surface area contributed by atoms with Gasteiger partial charge in [-0.15, -0.1) is 0 Å². The molecule has 38 heavy (non-hydrogen) atoms. The van der Waals surface area contributed by atoms with Gasteiger partial charge >= 0.3 is 5.97 Å². The molecule has 3 saturated carbocycles. The van der Waals surface area contributed by atoms with E-state index in [1.165, 1.54) is 30.4 Å². The monoisotopic (exact) mass is 526 g/mol. The summed E-state index contributed by atoms with van der Waals surface area (Å²) in [6.45, 7) is 9.09. The van der Waals surface area contributed by atoms with Gasteiger partial charge in [0.15, 0.2) is 6.61 Å². The minimum atomic E-state index is -0.297. The van der Waals surface area contributed by atoms with Crippen molar-refractivity contribution >= 4 is 5.97 Å². The van der Waals surface area contributed by atoms with Crippen LogP contribution in [0.15, 0.2) is 18.2 Å². The van der Waals surface area contributed by atoms with Crippen molar-refractivity contribution in [2.75, 3.05) is 6.61 Å². The fourth-order valence-electron chi connectivity index (χ4n) is 8.74. The highest BCUT2D eigenvalue weighted by Gasteiger charge is 2.62. The number of hydrogen-bond acceptors (Lipinski definition) is 5. The molecule has 212 valence electrons. The molecule has 0 heterocycles. The minimum absolute atomic E-state index is 0.0140. The third-order valence-corrected chi connectivity index (χ3v) is 11.7. The Morgan fingerprint density at radius 1 is 1.13 bits per heavy atom. The van der Waals surface area contributed by atoms with Gasteiger partial charge in [-0.1, -0.05) is 59.1 Å². The van der Waals surface area contributed by atoms with Crippen molar-refractivity contribution in [3.63, 3.8) is 0 Å². The second-order valence-corrected chi connectivity index (χ2v) is 13.8. The van der Waals surface area contributed by atoms with E-state index in [1.54, 1.807) is 0 Å². The number of fused-ring (bicyclic) bond motifs is 4. The fraction of sp³-hybridized carbons (Fsp3) is 0.788. The first-order chi connectivity index (χ1) is 18.1. The van der Waals surface area contributed by atoms with Crippen LogP contribution in [0.3, 0.4) is 0 Å².